The smallest absolute Gasteiger partial charge is 0.303 e. The summed E-state index contributed by atoms with van der Waals surface area (Å²) in [6, 6.07) is 0.0608. The molecule has 1 N–H and O–H groups in total. The predicted molar refractivity (Wildman–Crippen MR) is 59.7 cm³/mol. The summed E-state index contributed by atoms with van der Waals surface area (Å²) in [6.07, 6.45) is 8.81. The highest BCUT2D eigenvalue weighted by atomic mass is 16.4. The average molecular weight is 223 g/mol. The maximum atomic E-state index is 11.7. The number of terminal acetylenes is 1. The summed E-state index contributed by atoms with van der Waals surface area (Å²) in [6.45, 7) is 0.713. The van der Waals surface area contributed by atoms with Crippen LogP contribution in [-0.4, -0.2) is 34.5 Å². The van der Waals surface area contributed by atoms with E-state index in [-0.39, 0.29) is 24.8 Å². The molecule has 4 nitrogen and oxygen atoms in total. The number of likely N-dealkylation sites (tertiary alicyclic amines) is 1. The van der Waals surface area contributed by atoms with Crippen molar-refractivity contribution < 1.29 is 14.7 Å². The molecule has 1 rings (SSSR count). The van der Waals surface area contributed by atoms with Gasteiger partial charge in [0.05, 0.1) is 6.42 Å². The van der Waals surface area contributed by atoms with E-state index in [1.54, 1.807) is 4.90 Å². The van der Waals surface area contributed by atoms with Crippen LogP contribution in [0.1, 0.15) is 38.5 Å². The topological polar surface area (TPSA) is 57.6 Å². The van der Waals surface area contributed by atoms with Crippen LogP contribution in [0.2, 0.25) is 0 Å². The van der Waals surface area contributed by atoms with E-state index in [9.17, 15) is 9.59 Å². The Morgan fingerprint density at radius 3 is 2.81 bits per heavy atom. The molecule has 0 aromatic rings. The van der Waals surface area contributed by atoms with Gasteiger partial charge in [0.25, 0.3) is 0 Å². The Hall–Kier alpha value is -1.50. The SMILES string of the molecule is C#CCC(=O)N1CCCCC1CCC(=O)O. The molecule has 1 unspecified atom stereocenters. The third-order valence-electron chi connectivity index (χ3n) is 2.89. The van der Waals surface area contributed by atoms with Crippen molar-refractivity contribution in [3.63, 3.8) is 0 Å². The highest BCUT2D eigenvalue weighted by Crippen LogP contribution is 2.21. The number of piperidine rings is 1. The highest BCUT2D eigenvalue weighted by Gasteiger charge is 2.26. The molecule has 0 aromatic heterocycles. The van der Waals surface area contributed by atoms with Crippen LogP contribution in [-0.2, 0) is 9.59 Å². The van der Waals surface area contributed by atoms with Crippen LogP contribution in [0.4, 0.5) is 0 Å². The number of nitrogens with zero attached hydrogens (tertiary/aromatic N) is 1. The van der Waals surface area contributed by atoms with Crippen LogP contribution in [0.15, 0.2) is 0 Å². The number of aliphatic carboxylic acids is 1. The maximum Gasteiger partial charge on any atom is 0.303 e. The molecule has 0 bridgehead atoms. The lowest BCUT2D eigenvalue weighted by Gasteiger charge is -2.35. The number of carboxylic acid groups (broad SMARTS) is 1. The molecule has 1 atom stereocenters. The summed E-state index contributed by atoms with van der Waals surface area (Å²) in [5.74, 6) is 1.49. The molecule has 1 fully saturated rings. The van der Waals surface area contributed by atoms with E-state index in [1.807, 2.05) is 0 Å². The Balaban J connectivity index is 2.53. The zero-order valence-electron chi connectivity index (χ0n) is 9.32. The van der Waals surface area contributed by atoms with Crippen molar-refractivity contribution in [2.45, 2.75) is 44.6 Å². The minimum absolute atomic E-state index is 0.0439. The largest absolute Gasteiger partial charge is 0.481 e. The molecule has 1 heterocycles. The lowest BCUT2D eigenvalue weighted by Crippen LogP contribution is -2.43. The van der Waals surface area contributed by atoms with E-state index in [0.29, 0.717) is 13.0 Å². The minimum atomic E-state index is -0.810. The lowest BCUT2D eigenvalue weighted by molar-refractivity contribution is -0.139. The number of carboxylic acids is 1. The Morgan fingerprint density at radius 1 is 1.44 bits per heavy atom. The fourth-order valence-electron chi connectivity index (χ4n) is 2.11. The Morgan fingerprint density at radius 2 is 2.19 bits per heavy atom. The quantitative estimate of drug-likeness (QED) is 0.730. The first-order valence-corrected chi connectivity index (χ1v) is 5.60. The Bertz CT molecular complexity index is 306. The van der Waals surface area contributed by atoms with Crippen LogP contribution in [0.25, 0.3) is 0 Å². The van der Waals surface area contributed by atoms with Gasteiger partial charge in [-0.15, -0.1) is 6.42 Å². The zero-order valence-corrected chi connectivity index (χ0v) is 9.32. The molecule has 1 aliphatic heterocycles. The summed E-state index contributed by atoms with van der Waals surface area (Å²) < 4.78 is 0. The molecule has 4 heteroatoms. The number of amides is 1. The van der Waals surface area contributed by atoms with Crippen LogP contribution in [0.5, 0.6) is 0 Å². The predicted octanol–water partition coefficient (Wildman–Crippen LogP) is 1.26. The van der Waals surface area contributed by atoms with Gasteiger partial charge in [-0.1, -0.05) is 5.92 Å². The van der Waals surface area contributed by atoms with Gasteiger partial charge in [0.2, 0.25) is 5.91 Å². The van der Waals surface area contributed by atoms with Crippen molar-refractivity contribution in [1.82, 2.24) is 4.90 Å². The van der Waals surface area contributed by atoms with Gasteiger partial charge in [-0.2, -0.15) is 0 Å². The van der Waals surface area contributed by atoms with Crippen LogP contribution in [0.3, 0.4) is 0 Å². The van der Waals surface area contributed by atoms with Crippen LogP contribution >= 0.6 is 0 Å². The van der Waals surface area contributed by atoms with Gasteiger partial charge in [-0.25, -0.2) is 0 Å². The number of carbonyl (C=O) groups is 2. The van der Waals surface area contributed by atoms with E-state index in [4.69, 9.17) is 11.5 Å². The molecule has 1 amide bonds. The van der Waals surface area contributed by atoms with Crippen molar-refractivity contribution >= 4 is 11.9 Å². The first kappa shape index (κ1) is 12.6. The number of hydrogen-bond donors (Lipinski definition) is 1. The summed E-state index contributed by atoms with van der Waals surface area (Å²) in [7, 11) is 0. The first-order chi connectivity index (χ1) is 7.65. The van der Waals surface area contributed by atoms with E-state index >= 15 is 0 Å². The number of hydrogen-bond acceptors (Lipinski definition) is 2. The second-order valence-electron chi connectivity index (χ2n) is 4.05. The van der Waals surface area contributed by atoms with Gasteiger partial charge < -0.3 is 10.0 Å². The van der Waals surface area contributed by atoms with Gasteiger partial charge in [-0.05, 0) is 25.7 Å². The summed E-state index contributed by atoms with van der Waals surface area (Å²) in [5, 5.41) is 8.64. The van der Waals surface area contributed by atoms with Crippen molar-refractivity contribution in [3.05, 3.63) is 0 Å². The molecular weight excluding hydrogens is 206 g/mol. The normalized spacial score (nSPS) is 20.2. The van der Waals surface area contributed by atoms with Crippen molar-refractivity contribution in [2.24, 2.45) is 0 Å². The zero-order chi connectivity index (χ0) is 12.0. The van der Waals surface area contributed by atoms with Crippen LogP contribution < -0.4 is 0 Å². The van der Waals surface area contributed by atoms with Crippen molar-refractivity contribution in [1.29, 1.82) is 0 Å². The van der Waals surface area contributed by atoms with Crippen molar-refractivity contribution in [2.75, 3.05) is 6.54 Å². The standard InChI is InChI=1S/C12H17NO3/c1-2-5-11(14)13-9-4-3-6-10(13)7-8-12(15)16/h1,10H,3-9H2,(H,15,16). The van der Waals surface area contributed by atoms with Crippen molar-refractivity contribution in [3.8, 4) is 12.3 Å². The van der Waals surface area contributed by atoms with Gasteiger partial charge >= 0.3 is 5.97 Å². The monoisotopic (exact) mass is 223 g/mol. The molecular formula is C12H17NO3. The summed E-state index contributed by atoms with van der Waals surface area (Å²) in [5.41, 5.74) is 0. The van der Waals surface area contributed by atoms with E-state index in [0.717, 1.165) is 19.3 Å². The molecule has 0 radical (unpaired) electrons. The molecule has 1 saturated heterocycles. The lowest BCUT2D eigenvalue weighted by atomic mass is 9.97. The summed E-state index contributed by atoms with van der Waals surface area (Å²) >= 11 is 0. The Kier molecular flexibility index (Phi) is 4.84. The van der Waals surface area contributed by atoms with Gasteiger partial charge in [0.15, 0.2) is 0 Å². The van der Waals surface area contributed by atoms with Gasteiger partial charge in [-0.3, -0.25) is 9.59 Å². The number of carbonyl (C=O) groups excluding carboxylic acids is 1. The molecule has 0 aliphatic carbocycles. The maximum absolute atomic E-state index is 11.7. The fraction of sp³-hybridized carbons (Fsp3) is 0.667. The second kappa shape index (κ2) is 6.16. The Labute approximate surface area is 95.6 Å². The molecule has 0 spiro atoms. The molecule has 0 saturated carbocycles. The second-order valence-corrected chi connectivity index (χ2v) is 4.05. The third kappa shape index (κ3) is 3.58. The minimum Gasteiger partial charge on any atom is -0.481 e. The number of rotatable bonds is 4. The fourth-order valence-corrected chi connectivity index (χ4v) is 2.11. The van der Waals surface area contributed by atoms with Gasteiger partial charge in [0, 0.05) is 19.0 Å². The van der Waals surface area contributed by atoms with Crippen LogP contribution in [0, 0.1) is 12.3 Å². The van der Waals surface area contributed by atoms with E-state index in [2.05, 4.69) is 5.92 Å². The highest BCUT2D eigenvalue weighted by molar-refractivity contribution is 5.79. The van der Waals surface area contributed by atoms with E-state index in [1.165, 1.54) is 0 Å². The molecule has 88 valence electrons. The third-order valence-corrected chi connectivity index (χ3v) is 2.89. The molecule has 16 heavy (non-hydrogen) atoms. The summed E-state index contributed by atoms with van der Waals surface area (Å²) in [4.78, 5) is 24.0. The average Bonchev–Trinajstić information content (AvgIpc) is 2.27. The van der Waals surface area contributed by atoms with Gasteiger partial charge in [0.1, 0.15) is 0 Å². The van der Waals surface area contributed by atoms with E-state index < -0.39 is 5.97 Å². The molecule has 1 aliphatic rings. The molecule has 0 aromatic carbocycles. The first-order valence-electron chi connectivity index (χ1n) is 5.60.